The Hall–Kier alpha value is -0.700. The zero-order chi connectivity index (χ0) is 15.2. The molecule has 1 rings (SSSR count). The molecule has 0 aliphatic heterocycles. The molecular weight excluding hydrogens is 299 g/mol. The average Bonchev–Trinajstić information content (AvgIpc) is 2.39. The highest BCUT2D eigenvalue weighted by molar-refractivity contribution is 7.57. The summed E-state index contributed by atoms with van der Waals surface area (Å²) in [5.74, 6) is 1.77. The average molecular weight is 321 g/mol. The van der Waals surface area contributed by atoms with Crippen molar-refractivity contribution >= 4 is 19.0 Å². The number of rotatable bonds is 8. The van der Waals surface area contributed by atoms with Crippen molar-refractivity contribution in [2.75, 3.05) is 33.4 Å². The predicted octanol–water partition coefficient (Wildman–Crippen LogP) is 3.93. The molecule has 0 saturated carbocycles. The Labute approximate surface area is 125 Å². The van der Waals surface area contributed by atoms with Gasteiger partial charge in [-0.2, -0.15) is 0 Å². The number of halogens is 1. The second-order valence-electron chi connectivity index (χ2n) is 4.50. The molecule has 0 heterocycles. The first-order valence-electron chi connectivity index (χ1n) is 6.48. The Morgan fingerprint density at radius 1 is 1.15 bits per heavy atom. The fourth-order valence-electron chi connectivity index (χ4n) is 2.07. The first kappa shape index (κ1) is 17.4. The molecule has 0 aromatic heterocycles. The third kappa shape index (κ3) is 4.69. The van der Waals surface area contributed by atoms with Crippen molar-refractivity contribution in [2.45, 2.75) is 19.5 Å². The fourth-order valence-corrected chi connectivity index (χ4v) is 3.83. The Balaban J connectivity index is 3.18. The third-order valence-corrected chi connectivity index (χ3v) is 4.84. The number of aryl methyl sites for hydroxylation is 1. The monoisotopic (exact) mass is 320 g/mol. The van der Waals surface area contributed by atoms with Gasteiger partial charge in [-0.1, -0.05) is 0 Å². The molecule has 0 saturated heterocycles. The molecule has 6 heteroatoms. The first-order chi connectivity index (χ1) is 9.47. The first-order valence-corrected chi connectivity index (χ1v) is 9.27. The highest BCUT2D eigenvalue weighted by Gasteiger charge is 2.20. The normalized spacial score (nSPS) is 13.8. The van der Waals surface area contributed by atoms with Gasteiger partial charge in [0.1, 0.15) is 0 Å². The van der Waals surface area contributed by atoms with Gasteiger partial charge in [0.15, 0.2) is 11.5 Å². The van der Waals surface area contributed by atoms with Gasteiger partial charge in [0.25, 0.3) is 0 Å². The minimum absolute atomic E-state index is 0.368. The van der Waals surface area contributed by atoms with Gasteiger partial charge < -0.3 is 14.0 Å². The number of ether oxygens (including phenoxy) is 2. The summed E-state index contributed by atoms with van der Waals surface area (Å²) in [5.41, 5.74) is 1.95. The maximum atomic E-state index is 12.4. The number of benzene rings is 1. The summed E-state index contributed by atoms with van der Waals surface area (Å²) < 4.78 is 28.3. The quantitative estimate of drug-likeness (QED) is 0.538. The third-order valence-electron chi connectivity index (χ3n) is 2.93. The lowest BCUT2D eigenvalue weighted by Gasteiger charge is -2.18. The van der Waals surface area contributed by atoms with E-state index in [0.29, 0.717) is 36.6 Å². The van der Waals surface area contributed by atoms with Crippen LogP contribution in [0.5, 0.6) is 11.5 Å². The van der Waals surface area contributed by atoms with Crippen LogP contribution in [0.25, 0.3) is 0 Å². The molecule has 0 aliphatic carbocycles. The van der Waals surface area contributed by atoms with Crippen LogP contribution < -0.4 is 9.47 Å². The molecule has 0 radical (unpaired) electrons. The summed E-state index contributed by atoms with van der Waals surface area (Å²) >= 11 is 5.84. The van der Waals surface area contributed by atoms with E-state index in [0.717, 1.165) is 11.1 Å². The molecule has 20 heavy (non-hydrogen) atoms. The van der Waals surface area contributed by atoms with Crippen LogP contribution in [-0.2, 0) is 21.7 Å². The second-order valence-corrected chi connectivity index (χ2v) is 7.49. The van der Waals surface area contributed by atoms with E-state index < -0.39 is 7.37 Å². The molecule has 1 atom stereocenters. The predicted molar refractivity (Wildman–Crippen MR) is 82.8 cm³/mol. The summed E-state index contributed by atoms with van der Waals surface area (Å²) in [7, 11) is 0.512. The van der Waals surface area contributed by atoms with Gasteiger partial charge in [0.2, 0.25) is 7.37 Å². The molecule has 0 aliphatic rings. The van der Waals surface area contributed by atoms with Crippen molar-refractivity contribution in [3.63, 3.8) is 0 Å². The van der Waals surface area contributed by atoms with Gasteiger partial charge in [0.05, 0.1) is 20.8 Å². The van der Waals surface area contributed by atoms with Crippen LogP contribution in [0.4, 0.5) is 0 Å². The van der Waals surface area contributed by atoms with Gasteiger partial charge in [-0.3, -0.25) is 4.57 Å². The number of hydrogen-bond acceptors (Lipinski definition) is 4. The van der Waals surface area contributed by atoms with Crippen LogP contribution in [0.1, 0.15) is 18.1 Å². The van der Waals surface area contributed by atoms with Crippen LogP contribution in [0, 0.1) is 0 Å². The summed E-state index contributed by atoms with van der Waals surface area (Å²) in [6, 6.07) is 3.75. The molecule has 1 aromatic rings. The van der Waals surface area contributed by atoms with E-state index >= 15 is 0 Å². The van der Waals surface area contributed by atoms with E-state index in [1.165, 1.54) is 0 Å². The van der Waals surface area contributed by atoms with Gasteiger partial charge in [-0.05, 0) is 36.6 Å². The van der Waals surface area contributed by atoms with Gasteiger partial charge in [-0.15, -0.1) is 11.6 Å². The van der Waals surface area contributed by atoms with E-state index in [4.69, 9.17) is 25.6 Å². The zero-order valence-electron chi connectivity index (χ0n) is 12.4. The largest absolute Gasteiger partial charge is 0.493 e. The summed E-state index contributed by atoms with van der Waals surface area (Å²) in [6.07, 6.45) is 1.05. The summed E-state index contributed by atoms with van der Waals surface area (Å²) in [4.78, 5) is 0. The van der Waals surface area contributed by atoms with Crippen molar-refractivity contribution in [3.8, 4) is 11.5 Å². The van der Waals surface area contributed by atoms with E-state index in [1.807, 2.05) is 19.1 Å². The number of methoxy groups -OCH3 is 2. The molecule has 0 bridgehead atoms. The van der Waals surface area contributed by atoms with Crippen molar-refractivity contribution < 1.29 is 18.6 Å². The molecule has 1 aromatic carbocycles. The Morgan fingerprint density at radius 3 is 2.15 bits per heavy atom. The van der Waals surface area contributed by atoms with E-state index in [1.54, 1.807) is 20.9 Å². The van der Waals surface area contributed by atoms with Crippen LogP contribution in [0.15, 0.2) is 12.1 Å². The smallest absolute Gasteiger partial charge is 0.204 e. The van der Waals surface area contributed by atoms with E-state index in [-0.39, 0.29) is 0 Å². The second kappa shape index (κ2) is 7.92. The van der Waals surface area contributed by atoms with Crippen molar-refractivity contribution in [2.24, 2.45) is 0 Å². The standard InChI is InChI=1S/C14H22ClO4P/c1-5-19-20(4,16)10-12-9-14(18-3)13(17-2)8-11(12)6-7-15/h8-9H,5-7,10H2,1-4H3. The Bertz CT molecular complexity index is 490. The highest BCUT2D eigenvalue weighted by Crippen LogP contribution is 2.48. The number of alkyl halides is 1. The summed E-state index contributed by atoms with van der Waals surface area (Å²) in [6.45, 7) is 3.92. The molecular formula is C14H22ClO4P. The van der Waals surface area contributed by atoms with E-state index in [9.17, 15) is 4.57 Å². The molecule has 0 N–H and O–H groups in total. The molecule has 0 amide bonds. The van der Waals surface area contributed by atoms with Crippen LogP contribution in [0.3, 0.4) is 0 Å². The Kier molecular flexibility index (Phi) is 6.87. The zero-order valence-corrected chi connectivity index (χ0v) is 14.1. The van der Waals surface area contributed by atoms with Gasteiger partial charge in [-0.25, -0.2) is 0 Å². The van der Waals surface area contributed by atoms with Crippen LogP contribution >= 0.6 is 19.0 Å². The van der Waals surface area contributed by atoms with Crippen LogP contribution in [0.2, 0.25) is 0 Å². The lowest BCUT2D eigenvalue weighted by molar-refractivity contribution is 0.336. The van der Waals surface area contributed by atoms with Gasteiger partial charge in [0, 0.05) is 18.7 Å². The van der Waals surface area contributed by atoms with Crippen LogP contribution in [-0.4, -0.2) is 33.4 Å². The maximum Gasteiger partial charge on any atom is 0.204 e. The molecule has 4 nitrogen and oxygen atoms in total. The molecule has 0 fully saturated rings. The van der Waals surface area contributed by atoms with Crippen molar-refractivity contribution in [1.82, 2.24) is 0 Å². The van der Waals surface area contributed by atoms with E-state index in [2.05, 4.69) is 0 Å². The summed E-state index contributed by atoms with van der Waals surface area (Å²) in [5, 5.41) is 0. The topological polar surface area (TPSA) is 44.8 Å². The number of hydrogen-bond donors (Lipinski definition) is 0. The SMILES string of the molecule is CCOP(C)(=O)Cc1cc(OC)c(OC)cc1CCCl. The Morgan fingerprint density at radius 2 is 1.70 bits per heavy atom. The van der Waals surface area contributed by atoms with Crippen molar-refractivity contribution in [3.05, 3.63) is 23.3 Å². The maximum absolute atomic E-state index is 12.4. The van der Waals surface area contributed by atoms with Crippen molar-refractivity contribution in [1.29, 1.82) is 0 Å². The lowest BCUT2D eigenvalue weighted by atomic mass is 10.1. The molecule has 114 valence electrons. The fraction of sp³-hybridized carbons (Fsp3) is 0.571. The van der Waals surface area contributed by atoms with Gasteiger partial charge >= 0.3 is 0 Å². The minimum Gasteiger partial charge on any atom is -0.493 e. The molecule has 1 unspecified atom stereocenters. The minimum atomic E-state index is -2.66. The molecule has 0 spiro atoms. The highest BCUT2D eigenvalue weighted by atomic mass is 35.5. The lowest BCUT2D eigenvalue weighted by Crippen LogP contribution is -2.01.